The number of nitrogens with two attached hydrogens (primary N) is 2. The molecule has 0 aliphatic rings. The van der Waals surface area contributed by atoms with E-state index in [2.05, 4.69) is 31.9 Å². The van der Waals surface area contributed by atoms with Crippen LogP contribution in [-0.2, 0) is 20.7 Å². The Labute approximate surface area is 198 Å². The Bertz CT molecular complexity index is 790. The summed E-state index contributed by atoms with van der Waals surface area (Å²) < 4.78 is 5.96. The van der Waals surface area contributed by atoms with Gasteiger partial charge in [0.25, 0.3) is 0 Å². The predicted molar refractivity (Wildman–Crippen MR) is 123 cm³/mol. The van der Waals surface area contributed by atoms with E-state index in [4.69, 9.17) is 16.2 Å². The summed E-state index contributed by atoms with van der Waals surface area (Å²) in [5.74, 6) is -2.29. The molecule has 0 fully saturated rings. The summed E-state index contributed by atoms with van der Waals surface area (Å²) in [6, 6.07) is 0.370. The van der Waals surface area contributed by atoms with Gasteiger partial charge in [-0.2, -0.15) is 0 Å². The lowest BCUT2D eigenvalue weighted by molar-refractivity contribution is -0.150. The number of hydrogen-bond donors (Lipinski definition) is 4. The van der Waals surface area contributed by atoms with Crippen LogP contribution in [0.2, 0.25) is 0 Å². The number of imide groups is 1. The third kappa shape index (κ3) is 8.40. The molecule has 1 aromatic rings. The number of aliphatic carboxylic acids is 1. The number of halogens is 2. The Morgan fingerprint density at radius 1 is 1.16 bits per heavy atom. The molecule has 2 atom stereocenters. The van der Waals surface area contributed by atoms with Crippen LogP contribution in [0, 0.1) is 0 Å². The summed E-state index contributed by atoms with van der Waals surface area (Å²) in [6.07, 6.45) is 0.147. The highest BCUT2D eigenvalue weighted by Crippen LogP contribution is 2.34. The summed E-state index contributed by atoms with van der Waals surface area (Å²) in [6.45, 7) is 5.26. The molecule has 0 saturated carbocycles. The molecule has 0 aliphatic carbocycles. The standard InChI is InChI=1S/C20H29Br2N3O6/c1-20(2,3)31-19(30)25(17(27)14(24)6-4-5-7-23)15(18(28)29)10-11-8-12(21)16(26)13(22)9-11/h8-9,14-15,26H,4-7,10,23-24H2,1-3H3,(H,28,29)/t14-,15-/m0/s1. The molecule has 0 aromatic heterocycles. The second-order valence-electron chi connectivity index (χ2n) is 8.05. The summed E-state index contributed by atoms with van der Waals surface area (Å²) >= 11 is 6.37. The van der Waals surface area contributed by atoms with E-state index in [0.29, 0.717) is 38.8 Å². The van der Waals surface area contributed by atoms with Crippen molar-refractivity contribution >= 4 is 49.8 Å². The number of unbranched alkanes of at least 4 members (excludes halogenated alkanes) is 1. The molecule has 11 heteroatoms. The van der Waals surface area contributed by atoms with Crippen LogP contribution in [0.4, 0.5) is 4.79 Å². The van der Waals surface area contributed by atoms with Crippen molar-refractivity contribution in [3.63, 3.8) is 0 Å². The Kier molecular flexibility index (Phi) is 10.4. The quantitative estimate of drug-likeness (QED) is 0.332. The highest BCUT2D eigenvalue weighted by atomic mass is 79.9. The Balaban J connectivity index is 3.31. The fraction of sp³-hybridized carbons (Fsp3) is 0.550. The van der Waals surface area contributed by atoms with Crippen molar-refractivity contribution in [2.75, 3.05) is 6.54 Å². The van der Waals surface area contributed by atoms with E-state index in [-0.39, 0.29) is 18.6 Å². The van der Waals surface area contributed by atoms with Crippen LogP contribution in [0.3, 0.4) is 0 Å². The van der Waals surface area contributed by atoms with Crippen molar-refractivity contribution in [2.45, 2.75) is 64.1 Å². The number of ether oxygens (including phenoxy) is 1. The number of nitrogens with zero attached hydrogens (tertiary/aromatic N) is 1. The SMILES string of the molecule is CC(C)(C)OC(=O)N(C(=O)[C@@H](N)CCCCN)[C@@H](Cc1cc(Br)c(O)c(Br)c1)C(=O)O. The molecule has 0 unspecified atom stereocenters. The van der Waals surface area contributed by atoms with E-state index in [1.54, 1.807) is 20.8 Å². The van der Waals surface area contributed by atoms with Gasteiger partial charge >= 0.3 is 12.1 Å². The average molecular weight is 567 g/mol. The van der Waals surface area contributed by atoms with E-state index >= 15 is 0 Å². The first-order chi connectivity index (χ1) is 14.3. The number of carbonyl (C=O) groups is 3. The second-order valence-corrected chi connectivity index (χ2v) is 9.75. The van der Waals surface area contributed by atoms with Gasteiger partial charge in [-0.25, -0.2) is 14.5 Å². The number of aromatic hydroxyl groups is 1. The van der Waals surface area contributed by atoms with Crippen LogP contribution in [0.1, 0.15) is 45.6 Å². The molecule has 9 nitrogen and oxygen atoms in total. The van der Waals surface area contributed by atoms with Crippen LogP contribution in [0.25, 0.3) is 0 Å². The zero-order valence-electron chi connectivity index (χ0n) is 17.7. The van der Waals surface area contributed by atoms with Crippen molar-refractivity contribution in [1.29, 1.82) is 0 Å². The molecule has 31 heavy (non-hydrogen) atoms. The lowest BCUT2D eigenvalue weighted by atomic mass is 10.0. The van der Waals surface area contributed by atoms with Gasteiger partial charge in [0, 0.05) is 6.42 Å². The number of amides is 2. The predicted octanol–water partition coefficient (Wildman–Crippen LogP) is 3.13. The Morgan fingerprint density at radius 2 is 1.71 bits per heavy atom. The lowest BCUT2D eigenvalue weighted by Gasteiger charge is -2.31. The Morgan fingerprint density at radius 3 is 2.16 bits per heavy atom. The normalized spacial score (nSPS) is 13.4. The molecule has 1 aromatic carbocycles. The molecule has 0 aliphatic heterocycles. The Hall–Kier alpha value is -1.69. The first kappa shape index (κ1) is 27.3. The number of phenols is 1. The fourth-order valence-corrected chi connectivity index (χ4v) is 4.02. The van der Waals surface area contributed by atoms with E-state index in [1.165, 1.54) is 12.1 Å². The fourth-order valence-electron chi connectivity index (χ4n) is 2.74. The molecular formula is C20H29Br2N3O6. The van der Waals surface area contributed by atoms with E-state index in [1.807, 2.05) is 0 Å². The largest absolute Gasteiger partial charge is 0.506 e. The monoisotopic (exact) mass is 565 g/mol. The highest BCUT2D eigenvalue weighted by molar-refractivity contribution is 9.11. The number of carbonyl (C=O) groups excluding carboxylic acids is 2. The maximum atomic E-state index is 13.0. The molecule has 0 bridgehead atoms. The van der Waals surface area contributed by atoms with Gasteiger partial charge < -0.3 is 26.4 Å². The number of hydrogen-bond acceptors (Lipinski definition) is 7. The maximum Gasteiger partial charge on any atom is 0.417 e. The number of phenolic OH excluding ortho intramolecular Hbond substituents is 1. The van der Waals surface area contributed by atoms with Crippen molar-refractivity contribution in [3.05, 3.63) is 26.6 Å². The van der Waals surface area contributed by atoms with Crippen molar-refractivity contribution < 1.29 is 29.3 Å². The molecule has 6 N–H and O–H groups in total. The number of benzene rings is 1. The van der Waals surface area contributed by atoms with E-state index < -0.39 is 35.7 Å². The third-order valence-corrected chi connectivity index (χ3v) is 5.43. The minimum atomic E-state index is -1.56. The van der Waals surface area contributed by atoms with Crippen LogP contribution in [0.5, 0.6) is 5.75 Å². The average Bonchev–Trinajstić information content (AvgIpc) is 2.63. The highest BCUT2D eigenvalue weighted by Gasteiger charge is 2.39. The van der Waals surface area contributed by atoms with Crippen LogP contribution in [0.15, 0.2) is 21.1 Å². The molecule has 0 radical (unpaired) electrons. The van der Waals surface area contributed by atoms with Gasteiger partial charge in [-0.3, -0.25) is 4.79 Å². The molecular weight excluding hydrogens is 538 g/mol. The summed E-state index contributed by atoms with van der Waals surface area (Å²) in [5, 5.41) is 19.7. The number of rotatable bonds is 9. The molecule has 0 spiro atoms. The van der Waals surface area contributed by atoms with E-state index in [0.717, 1.165) is 0 Å². The van der Waals surface area contributed by atoms with Crippen LogP contribution < -0.4 is 11.5 Å². The number of carboxylic acids is 1. The zero-order valence-corrected chi connectivity index (χ0v) is 20.9. The smallest absolute Gasteiger partial charge is 0.417 e. The summed E-state index contributed by atoms with van der Waals surface area (Å²) in [4.78, 5) is 38.6. The molecule has 1 rings (SSSR count). The van der Waals surface area contributed by atoms with Gasteiger partial charge in [-0.15, -0.1) is 0 Å². The van der Waals surface area contributed by atoms with Crippen LogP contribution in [-0.4, -0.2) is 57.3 Å². The topological polar surface area (TPSA) is 156 Å². The third-order valence-electron chi connectivity index (χ3n) is 4.22. The maximum absolute atomic E-state index is 13.0. The summed E-state index contributed by atoms with van der Waals surface area (Å²) in [7, 11) is 0. The molecule has 0 saturated heterocycles. The first-order valence-corrected chi connectivity index (χ1v) is 11.3. The summed E-state index contributed by atoms with van der Waals surface area (Å²) in [5.41, 5.74) is 11.0. The number of carboxylic acid groups (broad SMARTS) is 1. The van der Waals surface area contributed by atoms with Gasteiger partial charge in [-0.1, -0.05) is 6.42 Å². The lowest BCUT2D eigenvalue weighted by Crippen LogP contribution is -2.56. The van der Waals surface area contributed by atoms with Gasteiger partial charge in [0.2, 0.25) is 5.91 Å². The van der Waals surface area contributed by atoms with Crippen molar-refractivity contribution in [3.8, 4) is 5.75 Å². The van der Waals surface area contributed by atoms with Crippen molar-refractivity contribution in [1.82, 2.24) is 4.90 Å². The van der Waals surface area contributed by atoms with Gasteiger partial charge in [0.1, 0.15) is 17.4 Å². The molecule has 0 heterocycles. The zero-order chi connectivity index (χ0) is 23.9. The molecule has 2 amide bonds. The second kappa shape index (κ2) is 11.8. The first-order valence-electron chi connectivity index (χ1n) is 9.69. The minimum Gasteiger partial charge on any atom is -0.506 e. The van der Waals surface area contributed by atoms with Crippen LogP contribution >= 0.6 is 31.9 Å². The van der Waals surface area contributed by atoms with Gasteiger partial charge in [0.15, 0.2) is 0 Å². The molecule has 174 valence electrons. The van der Waals surface area contributed by atoms with Gasteiger partial charge in [-0.05, 0) is 89.7 Å². The van der Waals surface area contributed by atoms with E-state index in [9.17, 15) is 24.6 Å². The minimum absolute atomic E-state index is 0.0578. The van der Waals surface area contributed by atoms with Crippen molar-refractivity contribution in [2.24, 2.45) is 11.5 Å². The van der Waals surface area contributed by atoms with Gasteiger partial charge in [0.05, 0.1) is 15.0 Å².